The van der Waals surface area contributed by atoms with Crippen LogP contribution in [-0.2, 0) is 4.79 Å². The van der Waals surface area contributed by atoms with Gasteiger partial charge in [-0.2, -0.15) is 0 Å². The molecule has 1 heterocycles. The Balaban J connectivity index is 2.59. The molecule has 0 aliphatic heterocycles. The molecule has 0 amide bonds. The molecular formula is C11H19N3O2. The number of carboxylic acid groups (broad SMARTS) is 1. The van der Waals surface area contributed by atoms with Gasteiger partial charge in [0.05, 0.1) is 18.1 Å². The molecule has 0 saturated heterocycles. The molecule has 0 aliphatic rings. The van der Waals surface area contributed by atoms with Crippen LogP contribution in [0.2, 0.25) is 0 Å². The number of aromatic nitrogens is 2. The average Bonchev–Trinajstić information content (AvgIpc) is 2.75. The van der Waals surface area contributed by atoms with Crippen LogP contribution < -0.4 is 5.32 Å². The number of nitrogens with one attached hydrogen (secondary N) is 2. The van der Waals surface area contributed by atoms with Gasteiger partial charge in [-0.05, 0) is 18.9 Å². The van der Waals surface area contributed by atoms with Gasteiger partial charge in [-0.1, -0.05) is 13.8 Å². The fraction of sp³-hybridized carbons (Fsp3) is 0.636. The predicted molar refractivity (Wildman–Crippen MR) is 61.0 cm³/mol. The van der Waals surface area contributed by atoms with Gasteiger partial charge < -0.3 is 15.4 Å². The molecule has 2 atom stereocenters. The van der Waals surface area contributed by atoms with Crippen LogP contribution in [0, 0.1) is 5.92 Å². The Bertz CT molecular complexity index is 311. The van der Waals surface area contributed by atoms with E-state index in [4.69, 9.17) is 5.11 Å². The molecule has 2 unspecified atom stereocenters. The van der Waals surface area contributed by atoms with Crippen molar-refractivity contribution < 1.29 is 9.90 Å². The molecule has 1 aromatic heterocycles. The van der Waals surface area contributed by atoms with Crippen LogP contribution >= 0.6 is 0 Å². The van der Waals surface area contributed by atoms with Crippen LogP contribution in [-0.4, -0.2) is 27.6 Å². The van der Waals surface area contributed by atoms with Gasteiger partial charge in [-0.15, -0.1) is 0 Å². The Morgan fingerprint density at radius 1 is 1.69 bits per heavy atom. The number of imidazole rings is 1. The van der Waals surface area contributed by atoms with Crippen molar-refractivity contribution in [2.75, 3.05) is 6.54 Å². The second kappa shape index (κ2) is 6.27. The highest BCUT2D eigenvalue weighted by Gasteiger charge is 2.20. The molecule has 3 N–H and O–H groups in total. The fourth-order valence-corrected chi connectivity index (χ4v) is 1.79. The summed E-state index contributed by atoms with van der Waals surface area (Å²) < 4.78 is 0. The molecule has 0 saturated carbocycles. The summed E-state index contributed by atoms with van der Waals surface area (Å²) in [5.41, 5.74) is 1.01. The molecular weight excluding hydrogens is 206 g/mol. The standard InChI is InChI=1S/C11H19N3O2/c1-3-13-11(9-6-12-7-14-9)8(2)4-5-10(15)16/h6-8,11,13H,3-5H2,1-2H3,(H,12,14)(H,15,16). The molecule has 0 spiro atoms. The van der Waals surface area contributed by atoms with Crippen molar-refractivity contribution >= 4 is 5.97 Å². The molecule has 0 aromatic carbocycles. The van der Waals surface area contributed by atoms with E-state index in [1.807, 2.05) is 6.92 Å². The lowest BCUT2D eigenvalue weighted by Gasteiger charge is -2.23. The number of carbonyl (C=O) groups is 1. The lowest BCUT2D eigenvalue weighted by atomic mass is 9.94. The fourth-order valence-electron chi connectivity index (χ4n) is 1.79. The zero-order valence-corrected chi connectivity index (χ0v) is 9.73. The molecule has 1 rings (SSSR count). The van der Waals surface area contributed by atoms with Gasteiger partial charge in [0.1, 0.15) is 0 Å². The van der Waals surface area contributed by atoms with Gasteiger partial charge in [0, 0.05) is 12.6 Å². The lowest BCUT2D eigenvalue weighted by molar-refractivity contribution is -0.137. The molecule has 90 valence electrons. The van der Waals surface area contributed by atoms with Gasteiger partial charge in [-0.3, -0.25) is 4.79 Å². The number of aromatic amines is 1. The largest absolute Gasteiger partial charge is 0.481 e. The number of aliphatic carboxylic acids is 1. The number of carboxylic acids is 1. The maximum atomic E-state index is 10.5. The number of nitrogens with zero attached hydrogens (tertiary/aromatic N) is 1. The Kier molecular flexibility index (Phi) is 4.98. The molecule has 5 nitrogen and oxygen atoms in total. The first-order valence-corrected chi connectivity index (χ1v) is 5.58. The monoisotopic (exact) mass is 225 g/mol. The highest BCUT2D eigenvalue weighted by molar-refractivity contribution is 5.66. The SMILES string of the molecule is CCNC(c1cnc[nH]1)C(C)CCC(=O)O. The second-order valence-electron chi connectivity index (χ2n) is 3.95. The van der Waals surface area contributed by atoms with E-state index in [0.29, 0.717) is 6.42 Å². The number of hydrogen-bond donors (Lipinski definition) is 3. The van der Waals surface area contributed by atoms with E-state index in [1.54, 1.807) is 12.5 Å². The minimum Gasteiger partial charge on any atom is -0.481 e. The van der Waals surface area contributed by atoms with Gasteiger partial charge in [-0.25, -0.2) is 4.98 Å². The molecule has 0 fully saturated rings. The maximum absolute atomic E-state index is 10.5. The van der Waals surface area contributed by atoms with E-state index in [-0.39, 0.29) is 18.4 Å². The summed E-state index contributed by atoms with van der Waals surface area (Å²) in [6.07, 6.45) is 4.29. The van der Waals surface area contributed by atoms with Crippen molar-refractivity contribution in [2.24, 2.45) is 5.92 Å². The number of hydrogen-bond acceptors (Lipinski definition) is 3. The minimum atomic E-state index is -0.744. The quantitative estimate of drug-likeness (QED) is 0.658. The van der Waals surface area contributed by atoms with E-state index in [9.17, 15) is 4.79 Å². The summed E-state index contributed by atoms with van der Waals surface area (Å²) in [4.78, 5) is 17.6. The van der Waals surface area contributed by atoms with E-state index in [1.165, 1.54) is 0 Å². The Morgan fingerprint density at radius 2 is 2.44 bits per heavy atom. The van der Waals surface area contributed by atoms with Crippen LogP contribution in [0.3, 0.4) is 0 Å². The summed E-state index contributed by atoms with van der Waals surface area (Å²) >= 11 is 0. The molecule has 0 aliphatic carbocycles. The third kappa shape index (κ3) is 3.66. The normalized spacial score (nSPS) is 14.6. The summed E-state index contributed by atoms with van der Waals surface area (Å²) in [6, 6.07) is 0.145. The molecule has 0 bridgehead atoms. The molecule has 16 heavy (non-hydrogen) atoms. The van der Waals surface area contributed by atoms with Crippen LogP contribution in [0.1, 0.15) is 38.4 Å². The van der Waals surface area contributed by atoms with Gasteiger partial charge in [0.2, 0.25) is 0 Å². The first-order chi connectivity index (χ1) is 7.65. The van der Waals surface area contributed by atoms with Crippen molar-refractivity contribution in [3.63, 3.8) is 0 Å². The van der Waals surface area contributed by atoms with Gasteiger partial charge in [0.15, 0.2) is 0 Å². The van der Waals surface area contributed by atoms with Gasteiger partial charge in [0.25, 0.3) is 0 Å². The van der Waals surface area contributed by atoms with Crippen molar-refractivity contribution in [3.8, 4) is 0 Å². The van der Waals surface area contributed by atoms with E-state index >= 15 is 0 Å². The zero-order chi connectivity index (χ0) is 12.0. The smallest absolute Gasteiger partial charge is 0.303 e. The minimum absolute atomic E-state index is 0.145. The van der Waals surface area contributed by atoms with Crippen molar-refractivity contribution in [1.29, 1.82) is 0 Å². The summed E-state index contributed by atoms with van der Waals surface area (Å²) in [7, 11) is 0. The topological polar surface area (TPSA) is 78.0 Å². The number of rotatable bonds is 7. The van der Waals surface area contributed by atoms with Gasteiger partial charge >= 0.3 is 5.97 Å². The Morgan fingerprint density at radius 3 is 2.94 bits per heavy atom. The van der Waals surface area contributed by atoms with E-state index < -0.39 is 5.97 Å². The van der Waals surface area contributed by atoms with Crippen LogP contribution in [0.4, 0.5) is 0 Å². The third-order valence-corrected chi connectivity index (χ3v) is 2.66. The van der Waals surface area contributed by atoms with Crippen molar-refractivity contribution in [2.45, 2.75) is 32.7 Å². The van der Waals surface area contributed by atoms with Crippen molar-refractivity contribution in [1.82, 2.24) is 15.3 Å². The van der Waals surface area contributed by atoms with Crippen molar-refractivity contribution in [3.05, 3.63) is 18.2 Å². The maximum Gasteiger partial charge on any atom is 0.303 e. The molecule has 1 aromatic rings. The predicted octanol–water partition coefficient (Wildman–Crippen LogP) is 1.56. The van der Waals surface area contributed by atoms with Crippen LogP contribution in [0.25, 0.3) is 0 Å². The summed E-state index contributed by atoms with van der Waals surface area (Å²) in [5, 5.41) is 12.0. The third-order valence-electron chi connectivity index (χ3n) is 2.66. The highest BCUT2D eigenvalue weighted by atomic mass is 16.4. The Labute approximate surface area is 95.3 Å². The first kappa shape index (κ1) is 12.7. The van der Waals surface area contributed by atoms with E-state index in [0.717, 1.165) is 12.2 Å². The lowest BCUT2D eigenvalue weighted by Crippen LogP contribution is -2.27. The average molecular weight is 225 g/mol. The highest BCUT2D eigenvalue weighted by Crippen LogP contribution is 2.23. The summed E-state index contributed by atoms with van der Waals surface area (Å²) in [5.74, 6) is -0.483. The molecule has 5 heteroatoms. The van der Waals surface area contributed by atoms with E-state index in [2.05, 4.69) is 22.2 Å². The number of H-pyrrole nitrogens is 1. The first-order valence-electron chi connectivity index (χ1n) is 5.58. The zero-order valence-electron chi connectivity index (χ0n) is 9.73. The van der Waals surface area contributed by atoms with Crippen LogP contribution in [0.15, 0.2) is 12.5 Å². The second-order valence-corrected chi connectivity index (χ2v) is 3.95. The molecule has 0 radical (unpaired) electrons. The van der Waals surface area contributed by atoms with Crippen LogP contribution in [0.5, 0.6) is 0 Å². The Hall–Kier alpha value is -1.36. The summed E-state index contributed by atoms with van der Waals surface area (Å²) in [6.45, 7) is 4.94.